The molecule has 0 heterocycles. The molecule has 0 N–H and O–H groups in total. The number of hydrogen-bond donors (Lipinski definition) is 0. The molecule has 176 valence electrons. The van der Waals surface area contributed by atoms with Gasteiger partial charge in [-0.15, -0.1) is 0 Å². The molecule has 0 aliphatic heterocycles. The lowest BCUT2D eigenvalue weighted by molar-refractivity contribution is 0.155. The SMILES string of the molecule is C(=Cc1ccc(OC2CCCCC2)cc1)COCC=Cc1ccc(OC2CCCCC2)cc1. The van der Waals surface area contributed by atoms with Crippen LogP contribution in [0.1, 0.15) is 75.3 Å². The van der Waals surface area contributed by atoms with E-state index in [2.05, 4.69) is 72.8 Å². The van der Waals surface area contributed by atoms with Crippen LogP contribution in [0, 0.1) is 0 Å². The van der Waals surface area contributed by atoms with E-state index in [1.54, 1.807) is 0 Å². The van der Waals surface area contributed by atoms with E-state index in [1.165, 1.54) is 75.3 Å². The Hall–Kier alpha value is -2.52. The minimum atomic E-state index is 0.398. The number of rotatable bonds is 10. The maximum Gasteiger partial charge on any atom is 0.119 e. The molecule has 4 rings (SSSR count). The first-order valence-electron chi connectivity index (χ1n) is 12.8. The van der Waals surface area contributed by atoms with Crippen molar-refractivity contribution in [2.24, 2.45) is 0 Å². The van der Waals surface area contributed by atoms with Crippen molar-refractivity contribution >= 4 is 12.2 Å². The van der Waals surface area contributed by atoms with Gasteiger partial charge in [0.2, 0.25) is 0 Å². The van der Waals surface area contributed by atoms with E-state index in [9.17, 15) is 0 Å². The van der Waals surface area contributed by atoms with E-state index in [0.29, 0.717) is 25.4 Å². The molecule has 33 heavy (non-hydrogen) atoms. The van der Waals surface area contributed by atoms with Crippen molar-refractivity contribution in [2.45, 2.75) is 76.4 Å². The average Bonchev–Trinajstić information content (AvgIpc) is 2.87. The van der Waals surface area contributed by atoms with Crippen LogP contribution in [-0.4, -0.2) is 25.4 Å². The summed E-state index contributed by atoms with van der Waals surface area (Å²) in [6, 6.07) is 16.7. The fourth-order valence-corrected chi connectivity index (χ4v) is 4.64. The summed E-state index contributed by atoms with van der Waals surface area (Å²) in [5, 5.41) is 0. The van der Waals surface area contributed by atoms with E-state index in [0.717, 1.165) is 11.5 Å². The highest BCUT2D eigenvalue weighted by atomic mass is 16.5. The monoisotopic (exact) mass is 446 g/mol. The van der Waals surface area contributed by atoms with Crippen LogP contribution in [0.25, 0.3) is 12.2 Å². The maximum atomic E-state index is 6.09. The standard InChI is InChI=1S/C30H38O3/c1-3-11-27(12-4-1)32-29-19-15-25(16-20-29)9-7-23-31-24-8-10-26-17-21-30(22-18-26)33-28-13-5-2-6-14-28/h7-10,15-22,27-28H,1-6,11-14,23-24H2. The summed E-state index contributed by atoms with van der Waals surface area (Å²) in [4.78, 5) is 0. The highest BCUT2D eigenvalue weighted by Crippen LogP contribution is 2.25. The third-order valence-electron chi connectivity index (χ3n) is 6.52. The van der Waals surface area contributed by atoms with Crippen molar-refractivity contribution in [1.82, 2.24) is 0 Å². The first-order chi connectivity index (χ1) is 16.3. The lowest BCUT2D eigenvalue weighted by Gasteiger charge is -2.22. The first kappa shape index (κ1) is 23.6. The van der Waals surface area contributed by atoms with Crippen molar-refractivity contribution in [3.05, 3.63) is 71.8 Å². The highest BCUT2D eigenvalue weighted by Gasteiger charge is 2.15. The molecular weight excluding hydrogens is 408 g/mol. The van der Waals surface area contributed by atoms with Crippen LogP contribution in [0.3, 0.4) is 0 Å². The molecule has 0 amide bonds. The van der Waals surface area contributed by atoms with Crippen LogP contribution in [0.15, 0.2) is 60.7 Å². The van der Waals surface area contributed by atoms with Gasteiger partial charge in [-0.25, -0.2) is 0 Å². The van der Waals surface area contributed by atoms with Gasteiger partial charge in [-0.3, -0.25) is 0 Å². The Morgan fingerprint density at radius 2 is 0.939 bits per heavy atom. The van der Waals surface area contributed by atoms with Crippen LogP contribution in [0.4, 0.5) is 0 Å². The minimum absolute atomic E-state index is 0.398. The molecule has 0 spiro atoms. The van der Waals surface area contributed by atoms with Gasteiger partial charge in [-0.1, -0.05) is 61.4 Å². The van der Waals surface area contributed by atoms with E-state index >= 15 is 0 Å². The second-order valence-electron chi connectivity index (χ2n) is 9.24. The highest BCUT2D eigenvalue weighted by molar-refractivity contribution is 5.51. The molecule has 0 aromatic heterocycles. The molecule has 2 aliphatic rings. The topological polar surface area (TPSA) is 27.7 Å². The lowest BCUT2D eigenvalue weighted by Crippen LogP contribution is -2.19. The van der Waals surface area contributed by atoms with Crippen LogP contribution in [0.5, 0.6) is 11.5 Å². The summed E-state index contributed by atoms with van der Waals surface area (Å²) in [6.45, 7) is 1.19. The normalized spacial score (nSPS) is 18.2. The predicted octanol–water partition coefficient (Wildman–Crippen LogP) is 7.85. The van der Waals surface area contributed by atoms with Gasteiger partial charge in [0.05, 0.1) is 25.4 Å². The maximum absolute atomic E-state index is 6.09. The summed E-state index contributed by atoms with van der Waals surface area (Å²) in [7, 11) is 0. The minimum Gasteiger partial charge on any atom is -0.490 e. The molecule has 0 bridgehead atoms. The Morgan fingerprint density at radius 1 is 0.545 bits per heavy atom. The molecule has 0 atom stereocenters. The van der Waals surface area contributed by atoms with Gasteiger partial charge >= 0.3 is 0 Å². The van der Waals surface area contributed by atoms with Crippen molar-refractivity contribution < 1.29 is 14.2 Å². The van der Waals surface area contributed by atoms with Gasteiger partial charge in [0.15, 0.2) is 0 Å². The Morgan fingerprint density at radius 3 is 1.33 bits per heavy atom. The fraction of sp³-hybridized carbons (Fsp3) is 0.467. The zero-order valence-corrected chi connectivity index (χ0v) is 19.8. The zero-order chi connectivity index (χ0) is 22.6. The van der Waals surface area contributed by atoms with Crippen LogP contribution < -0.4 is 9.47 Å². The molecule has 0 radical (unpaired) electrons. The fourth-order valence-electron chi connectivity index (χ4n) is 4.64. The summed E-state index contributed by atoms with van der Waals surface area (Å²) >= 11 is 0. The number of hydrogen-bond acceptors (Lipinski definition) is 3. The summed E-state index contributed by atoms with van der Waals surface area (Å²) in [6.07, 6.45) is 21.7. The third-order valence-corrected chi connectivity index (χ3v) is 6.52. The van der Waals surface area contributed by atoms with Gasteiger partial charge in [-0.05, 0) is 86.8 Å². The van der Waals surface area contributed by atoms with Crippen LogP contribution in [-0.2, 0) is 4.74 Å². The average molecular weight is 447 g/mol. The Bertz CT molecular complexity index is 781. The molecule has 2 aliphatic carbocycles. The van der Waals surface area contributed by atoms with E-state index in [-0.39, 0.29) is 0 Å². The summed E-state index contributed by atoms with van der Waals surface area (Å²) in [5.74, 6) is 1.96. The molecular formula is C30H38O3. The molecule has 2 aromatic carbocycles. The van der Waals surface area contributed by atoms with Crippen molar-refractivity contribution in [2.75, 3.05) is 13.2 Å². The Balaban J connectivity index is 1.11. The van der Waals surface area contributed by atoms with E-state index in [4.69, 9.17) is 14.2 Å². The second-order valence-corrected chi connectivity index (χ2v) is 9.24. The molecule has 2 saturated carbocycles. The van der Waals surface area contributed by atoms with Gasteiger partial charge in [0.1, 0.15) is 11.5 Å². The zero-order valence-electron chi connectivity index (χ0n) is 19.8. The van der Waals surface area contributed by atoms with Gasteiger partial charge in [0, 0.05) is 0 Å². The Kier molecular flexibility index (Phi) is 9.49. The van der Waals surface area contributed by atoms with Crippen molar-refractivity contribution in [3.63, 3.8) is 0 Å². The molecule has 3 nitrogen and oxygen atoms in total. The van der Waals surface area contributed by atoms with E-state index in [1.807, 2.05) is 0 Å². The van der Waals surface area contributed by atoms with Crippen LogP contribution >= 0.6 is 0 Å². The summed E-state index contributed by atoms with van der Waals surface area (Å²) in [5.41, 5.74) is 2.33. The smallest absolute Gasteiger partial charge is 0.119 e. The van der Waals surface area contributed by atoms with Crippen molar-refractivity contribution in [1.29, 1.82) is 0 Å². The summed E-state index contributed by atoms with van der Waals surface area (Å²) < 4.78 is 17.9. The second kappa shape index (κ2) is 13.3. The molecule has 3 heteroatoms. The van der Waals surface area contributed by atoms with Crippen molar-refractivity contribution in [3.8, 4) is 11.5 Å². The number of benzene rings is 2. The van der Waals surface area contributed by atoms with Gasteiger partial charge in [-0.2, -0.15) is 0 Å². The Labute approximate surface area is 199 Å². The number of ether oxygens (including phenoxy) is 3. The largest absolute Gasteiger partial charge is 0.490 e. The molecule has 2 aromatic rings. The van der Waals surface area contributed by atoms with Gasteiger partial charge in [0.25, 0.3) is 0 Å². The lowest BCUT2D eigenvalue weighted by atomic mass is 9.98. The third kappa shape index (κ3) is 8.40. The van der Waals surface area contributed by atoms with E-state index < -0.39 is 0 Å². The molecule has 0 unspecified atom stereocenters. The van der Waals surface area contributed by atoms with Crippen LogP contribution in [0.2, 0.25) is 0 Å². The predicted molar refractivity (Wildman–Crippen MR) is 137 cm³/mol. The molecule has 0 saturated heterocycles. The first-order valence-corrected chi connectivity index (χ1v) is 12.8. The quantitative estimate of drug-likeness (QED) is 0.348. The van der Waals surface area contributed by atoms with Gasteiger partial charge < -0.3 is 14.2 Å². The molecule has 2 fully saturated rings.